The van der Waals surface area contributed by atoms with Crippen molar-refractivity contribution < 1.29 is 13.2 Å². The van der Waals surface area contributed by atoms with Crippen LogP contribution in [0.4, 0.5) is 11.4 Å². The summed E-state index contributed by atoms with van der Waals surface area (Å²) in [7, 11) is -1.60. The molecule has 0 aliphatic carbocycles. The first-order valence-corrected chi connectivity index (χ1v) is 9.77. The molecule has 126 valence electrons. The van der Waals surface area contributed by atoms with Crippen LogP contribution in [0.3, 0.4) is 0 Å². The van der Waals surface area contributed by atoms with Crippen molar-refractivity contribution in [3.05, 3.63) is 40.9 Å². The Morgan fingerprint density at radius 2 is 1.92 bits per heavy atom. The van der Waals surface area contributed by atoms with Crippen LogP contribution in [-0.2, 0) is 17.1 Å². The molecular formula is C15H16N4O3S2. The van der Waals surface area contributed by atoms with E-state index in [-0.39, 0.29) is 5.91 Å². The number of aromatic nitrogens is 2. The minimum Gasteiger partial charge on any atom is -0.319 e. The molecule has 2 aromatic heterocycles. The van der Waals surface area contributed by atoms with E-state index in [1.165, 1.54) is 11.3 Å². The predicted molar refractivity (Wildman–Crippen MR) is 96.2 cm³/mol. The maximum Gasteiger partial charge on any atom is 0.265 e. The third kappa shape index (κ3) is 3.26. The molecule has 0 spiro atoms. The Kier molecular flexibility index (Phi) is 4.06. The molecule has 2 N–H and O–H groups in total. The van der Waals surface area contributed by atoms with E-state index in [9.17, 15) is 13.2 Å². The molecule has 0 radical (unpaired) electrons. The number of amides is 1. The van der Waals surface area contributed by atoms with Gasteiger partial charge in [-0.15, -0.1) is 11.3 Å². The van der Waals surface area contributed by atoms with Crippen LogP contribution in [0.15, 0.2) is 30.3 Å². The van der Waals surface area contributed by atoms with Crippen LogP contribution in [0.5, 0.6) is 0 Å². The first kappa shape index (κ1) is 16.5. The molecule has 9 heteroatoms. The van der Waals surface area contributed by atoms with E-state index in [0.29, 0.717) is 16.3 Å². The number of hydrogen-bond donors (Lipinski definition) is 2. The Hall–Kier alpha value is -2.39. The lowest BCUT2D eigenvalue weighted by Gasteiger charge is -2.11. The number of aryl methyl sites for hydroxylation is 2. The van der Waals surface area contributed by atoms with Crippen LogP contribution in [0.2, 0.25) is 0 Å². The maximum absolute atomic E-state index is 12.5. The molecule has 3 rings (SSSR count). The number of hydrogen-bond acceptors (Lipinski definition) is 5. The van der Waals surface area contributed by atoms with Gasteiger partial charge < -0.3 is 5.32 Å². The number of nitrogens with zero attached hydrogens (tertiary/aromatic N) is 2. The minimum absolute atomic E-state index is 0.293. The van der Waals surface area contributed by atoms with E-state index in [2.05, 4.69) is 15.1 Å². The molecule has 2 heterocycles. The number of thiophene rings is 1. The van der Waals surface area contributed by atoms with Crippen LogP contribution in [0.1, 0.15) is 15.4 Å². The molecule has 0 bridgehead atoms. The molecule has 0 saturated carbocycles. The predicted octanol–water partition coefficient (Wildman–Crippen LogP) is 2.57. The van der Waals surface area contributed by atoms with Crippen molar-refractivity contribution in [2.45, 2.75) is 6.92 Å². The lowest BCUT2D eigenvalue weighted by molar-refractivity contribution is 0.103. The second-order valence-corrected chi connectivity index (χ2v) is 8.19. The van der Waals surface area contributed by atoms with Crippen molar-refractivity contribution in [2.75, 3.05) is 16.3 Å². The molecule has 0 atom stereocenters. The van der Waals surface area contributed by atoms with Crippen LogP contribution in [0, 0.1) is 6.92 Å². The van der Waals surface area contributed by atoms with Gasteiger partial charge in [-0.2, -0.15) is 5.10 Å². The summed E-state index contributed by atoms with van der Waals surface area (Å²) in [5.74, 6) is -0.293. The summed E-state index contributed by atoms with van der Waals surface area (Å²) in [6.07, 6.45) is 1.06. The molecule has 0 aliphatic heterocycles. The molecule has 0 unspecified atom stereocenters. The number of anilines is 2. The normalized spacial score (nSPS) is 11.6. The van der Waals surface area contributed by atoms with Crippen molar-refractivity contribution in [1.82, 2.24) is 9.78 Å². The summed E-state index contributed by atoms with van der Waals surface area (Å²) in [4.78, 5) is 14.0. The molecule has 7 nitrogen and oxygen atoms in total. The summed E-state index contributed by atoms with van der Waals surface area (Å²) >= 11 is 1.34. The number of benzene rings is 1. The molecule has 0 fully saturated rings. The average Bonchev–Trinajstić information content (AvgIpc) is 3.02. The fraction of sp³-hybridized carbons (Fsp3) is 0.200. The molecule has 1 aromatic carbocycles. The smallest absolute Gasteiger partial charge is 0.265 e. The van der Waals surface area contributed by atoms with E-state index in [1.54, 1.807) is 35.0 Å². The van der Waals surface area contributed by atoms with E-state index < -0.39 is 10.0 Å². The summed E-state index contributed by atoms with van der Waals surface area (Å²) in [6, 6.07) is 8.45. The number of fused-ring (bicyclic) bond motifs is 1. The molecule has 3 aromatic rings. The van der Waals surface area contributed by atoms with Crippen LogP contribution < -0.4 is 10.0 Å². The first-order chi connectivity index (χ1) is 11.2. The number of rotatable bonds is 4. The van der Waals surface area contributed by atoms with Crippen molar-refractivity contribution >= 4 is 48.9 Å². The fourth-order valence-electron chi connectivity index (χ4n) is 2.38. The summed E-state index contributed by atoms with van der Waals surface area (Å²) in [5.41, 5.74) is 1.59. The van der Waals surface area contributed by atoms with Gasteiger partial charge in [0.05, 0.1) is 28.2 Å². The van der Waals surface area contributed by atoms with Gasteiger partial charge in [-0.1, -0.05) is 12.1 Å². The van der Waals surface area contributed by atoms with Crippen LogP contribution in [-0.4, -0.2) is 30.4 Å². The van der Waals surface area contributed by atoms with Gasteiger partial charge >= 0.3 is 0 Å². The second-order valence-electron chi connectivity index (χ2n) is 5.41. The van der Waals surface area contributed by atoms with Gasteiger partial charge in [0.1, 0.15) is 4.83 Å². The SMILES string of the molecule is Cc1nn(C)c2sc(C(=O)Nc3ccccc3NS(C)(=O)=O)cc12. The highest BCUT2D eigenvalue weighted by atomic mass is 32.2. The Bertz CT molecular complexity index is 1000. The van der Waals surface area contributed by atoms with Gasteiger partial charge in [0.15, 0.2) is 0 Å². The van der Waals surface area contributed by atoms with Gasteiger partial charge in [-0.25, -0.2) is 8.42 Å². The van der Waals surface area contributed by atoms with E-state index in [0.717, 1.165) is 22.2 Å². The molecule has 0 saturated heterocycles. The average molecular weight is 364 g/mol. The number of nitrogens with one attached hydrogen (secondary N) is 2. The minimum atomic E-state index is -3.43. The second kappa shape index (κ2) is 5.91. The maximum atomic E-state index is 12.5. The highest BCUT2D eigenvalue weighted by molar-refractivity contribution is 7.92. The zero-order valence-corrected chi connectivity index (χ0v) is 15.0. The third-order valence-corrected chi connectivity index (χ3v) is 5.18. The monoisotopic (exact) mass is 364 g/mol. The number of carbonyl (C=O) groups excluding carboxylic acids is 1. The number of sulfonamides is 1. The Morgan fingerprint density at radius 3 is 2.54 bits per heavy atom. The van der Waals surface area contributed by atoms with Crippen LogP contribution >= 0.6 is 11.3 Å². The molecular weight excluding hydrogens is 348 g/mol. The van der Waals surface area contributed by atoms with Gasteiger partial charge in [0.25, 0.3) is 5.91 Å². The Labute approximate surface area is 143 Å². The van der Waals surface area contributed by atoms with Crippen molar-refractivity contribution in [3.8, 4) is 0 Å². The largest absolute Gasteiger partial charge is 0.319 e. The zero-order valence-electron chi connectivity index (χ0n) is 13.3. The lowest BCUT2D eigenvalue weighted by atomic mass is 10.2. The van der Waals surface area contributed by atoms with Crippen molar-refractivity contribution in [1.29, 1.82) is 0 Å². The standard InChI is InChI=1S/C15H16N4O3S2/c1-9-10-8-13(23-15(10)19(2)17-9)14(20)16-11-6-4-5-7-12(11)18-24(3,21)22/h4-8,18H,1-3H3,(H,16,20). The lowest BCUT2D eigenvalue weighted by Crippen LogP contribution is -2.15. The third-order valence-electron chi connectivity index (χ3n) is 3.39. The molecule has 1 amide bonds. The Morgan fingerprint density at radius 1 is 1.25 bits per heavy atom. The fourth-order valence-corrected chi connectivity index (χ4v) is 3.98. The van der Waals surface area contributed by atoms with E-state index in [1.807, 2.05) is 14.0 Å². The quantitative estimate of drug-likeness (QED) is 0.744. The van der Waals surface area contributed by atoms with E-state index >= 15 is 0 Å². The molecule has 0 aliphatic rings. The van der Waals surface area contributed by atoms with Crippen LogP contribution in [0.25, 0.3) is 10.2 Å². The van der Waals surface area contributed by atoms with Gasteiger partial charge in [0, 0.05) is 12.4 Å². The van der Waals surface area contributed by atoms with Gasteiger partial charge in [-0.3, -0.25) is 14.2 Å². The number of carbonyl (C=O) groups is 1. The summed E-state index contributed by atoms with van der Waals surface area (Å²) < 4.78 is 27.0. The summed E-state index contributed by atoms with van der Waals surface area (Å²) in [5, 5.41) is 8.00. The molecule has 24 heavy (non-hydrogen) atoms. The van der Waals surface area contributed by atoms with E-state index in [4.69, 9.17) is 0 Å². The first-order valence-electron chi connectivity index (χ1n) is 7.06. The van der Waals surface area contributed by atoms with Crippen molar-refractivity contribution in [2.24, 2.45) is 7.05 Å². The zero-order chi connectivity index (χ0) is 17.5. The topological polar surface area (TPSA) is 93.1 Å². The number of para-hydroxylation sites is 2. The van der Waals surface area contributed by atoms with Crippen molar-refractivity contribution in [3.63, 3.8) is 0 Å². The summed E-state index contributed by atoms with van der Waals surface area (Å²) in [6.45, 7) is 1.89. The Balaban J connectivity index is 1.90. The highest BCUT2D eigenvalue weighted by Gasteiger charge is 2.16. The van der Waals surface area contributed by atoms with Gasteiger partial charge in [0.2, 0.25) is 10.0 Å². The highest BCUT2D eigenvalue weighted by Crippen LogP contribution is 2.29. The van der Waals surface area contributed by atoms with Gasteiger partial charge in [-0.05, 0) is 25.1 Å².